The van der Waals surface area contributed by atoms with Crippen molar-refractivity contribution in [2.45, 2.75) is 33.6 Å². The summed E-state index contributed by atoms with van der Waals surface area (Å²) in [4.78, 5) is 6.96. The van der Waals surface area contributed by atoms with E-state index >= 15 is 0 Å². The van der Waals surface area contributed by atoms with Crippen molar-refractivity contribution in [1.29, 1.82) is 0 Å². The van der Waals surface area contributed by atoms with Crippen molar-refractivity contribution in [3.8, 4) is 5.75 Å². The molecule has 0 saturated heterocycles. The number of aliphatic imine (C=N–C) groups is 1. The molecule has 1 aromatic rings. The molecule has 0 fully saturated rings. The fourth-order valence-electron chi connectivity index (χ4n) is 3.85. The normalized spacial score (nSPS) is 19.7. The highest BCUT2D eigenvalue weighted by atomic mass is 19.1. The van der Waals surface area contributed by atoms with Gasteiger partial charge in [0.2, 0.25) is 0 Å². The number of nitrogens with one attached hydrogen (secondary N) is 1. The molecule has 0 amide bonds. The molecule has 0 aliphatic carbocycles. The molecule has 5 heteroatoms. The molecule has 3 aliphatic rings. The number of nitrogens with zero attached hydrogens (tertiary/aromatic N) is 2. The quantitative estimate of drug-likeness (QED) is 0.726. The Labute approximate surface area is 177 Å². The van der Waals surface area contributed by atoms with Crippen LogP contribution in [0.3, 0.4) is 0 Å². The van der Waals surface area contributed by atoms with Gasteiger partial charge in [0.05, 0.1) is 12.3 Å². The number of fused-ring (bicyclic) bond motifs is 1. The summed E-state index contributed by atoms with van der Waals surface area (Å²) >= 11 is 0. The standard InChI is InChI=1S/C25H28FN3O/c1-4-6-21-15-23(20-13-22(26)17(3)24(14-20)30-5-2)28-25-8-7-19(16-29(21)25)18-9-11-27-12-10-18/h6-9,13-16,27H,4-5,10-12H2,1-3H3/b21-6-. The number of rotatable bonds is 5. The van der Waals surface area contributed by atoms with Gasteiger partial charge >= 0.3 is 0 Å². The highest BCUT2D eigenvalue weighted by Gasteiger charge is 2.23. The van der Waals surface area contributed by atoms with E-state index in [1.54, 1.807) is 13.0 Å². The first-order valence-corrected chi connectivity index (χ1v) is 10.6. The van der Waals surface area contributed by atoms with Crippen LogP contribution in [-0.2, 0) is 0 Å². The second-order valence-electron chi connectivity index (χ2n) is 7.52. The molecule has 30 heavy (non-hydrogen) atoms. The predicted molar refractivity (Wildman–Crippen MR) is 121 cm³/mol. The van der Waals surface area contributed by atoms with Crippen LogP contribution >= 0.6 is 0 Å². The molecule has 1 aromatic carbocycles. The Kier molecular flexibility index (Phi) is 6.00. The number of allylic oxidation sites excluding steroid dienone is 4. The van der Waals surface area contributed by atoms with Crippen LogP contribution in [-0.4, -0.2) is 30.4 Å². The number of hydrogen-bond donors (Lipinski definition) is 1. The fourth-order valence-corrected chi connectivity index (χ4v) is 3.85. The number of halogens is 1. The van der Waals surface area contributed by atoms with Crippen LogP contribution in [0, 0.1) is 12.7 Å². The van der Waals surface area contributed by atoms with Crippen molar-refractivity contribution in [3.05, 3.63) is 82.5 Å². The molecule has 3 aliphatic heterocycles. The van der Waals surface area contributed by atoms with Crippen molar-refractivity contribution < 1.29 is 9.13 Å². The van der Waals surface area contributed by atoms with Crippen LogP contribution in [0.25, 0.3) is 5.70 Å². The largest absolute Gasteiger partial charge is 0.493 e. The van der Waals surface area contributed by atoms with Gasteiger partial charge in [0.25, 0.3) is 0 Å². The lowest BCUT2D eigenvalue weighted by Gasteiger charge is -2.30. The van der Waals surface area contributed by atoms with Gasteiger partial charge in [-0.1, -0.05) is 19.1 Å². The van der Waals surface area contributed by atoms with E-state index < -0.39 is 0 Å². The SMILES string of the molecule is CC/C=C1/C=C(c2cc(F)c(C)c(OCC)c2)N=C2C=CC(C3=CCNCC3)=CN21. The predicted octanol–water partition coefficient (Wildman–Crippen LogP) is 5.26. The molecule has 1 N–H and O–H groups in total. The van der Waals surface area contributed by atoms with Gasteiger partial charge in [-0.05, 0) is 74.7 Å². The number of amidine groups is 1. The zero-order valence-electron chi connectivity index (χ0n) is 17.8. The van der Waals surface area contributed by atoms with Crippen molar-refractivity contribution >= 4 is 11.5 Å². The van der Waals surface area contributed by atoms with Gasteiger partial charge < -0.3 is 15.0 Å². The minimum absolute atomic E-state index is 0.278. The lowest BCUT2D eigenvalue weighted by atomic mass is 9.97. The van der Waals surface area contributed by atoms with E-state index in [4.69, 9.17) is 9.73 Å². The molecule has 4 nitrogen and oxygen atoms in total. The Balaban J connectivity index is 1.72. The summed E-state index contributed by atoms with van der Waals surface area (Å²) in [6.07, 6.45) is 14.7. The first-order valence-electron chi connectivity index (χ1n) is 10.6. The molecule has 0 saturated carbocycles. The maximum absolute atomic E-state index is 14.5. The highest BCUT2D eigenvalue weighted by Crippen LogP contribution is 2.33. The minimum atomic E-state index is -0.278. The van der Waals surface area contributed by atoms with Crippen molar-refractivity contribution in [2.75, 3.05) is 19.7 Å². The molecular weight excluding hydrogens is 377 g/mol. The summed E-state index contributed by atoms with van der Waals surface area (Å²) in [5, 5.41) is 3.36. The smallest absolute Gasteiger partial charge is 0.137 e. The molecule has 0 spiro atoms. The van der Waals surface area contributed by atoms with Crippen molar-refractivity contribution in [2.24, 2.45) is 4.99 Å². The molecule has 3 heterocycles. The van der Waals surface area contributed by atoms with E-state index in [-0.39, 0.29) is 5.82 Å². The van der Waals surface area contributed by atoms with Gasteiger partial charge in [-0.2, -0.15) is 0 Å². The van der Waals surface area contributed by atoms with Gasteiger partial charge in [0.1, 0.15) is 17.4 Å². The van der Waals surface area contributed by atoms with Crippen LogP contribution in [0.15, 0.2) is 70.5 Å². The van der Waals surface area contributed by atoms with E-state index in [1.165, 1.54) is 11.1 Å². The average molecular weight is 406 g/mol. The van der Waals surface area contributed by atoms with E-state index in [9.17, 15) is 4.39 Å². The molecule has 0 unspecified atom stereocenters. The third-order valence-electron chi connectivity index (χ3n) is 5.46. The zero-order chi connectivity index (χ0) is 21.1. The average Bonchev–Trinajstić information content (AvgIpc) is 2.77. The molecular formula is C25H28FN3O. The summed E-state index contributed by atoms with van der Waals surface area (Å²) in [7, 11) is 0. The Morgan fingerprint density at radius 3 is 2.87 bits per heavy atom. The van der Waals surface area contributed by atoms with Gasteiger partial charge in [-0.15, -0.1) is 0 Å². The molecule has 0 bridgehead atoms. The maximum Gasteiger partial charge on any atom is 0.137 e. The van der Waals surface area contributed by atoms with Crippen LogP contribution in [0.2, 0.25) is 0 Å². The lowest BCUT2D eigenvalue weighted by molar-refractivity contribution is 0.335. The Morgan fingerprint density at radius 2 is 2.13 bits per heavy atom. The third kappa shape index (κ3) is 4.03. The number of hydrogen-bond acceptors (Lipinski definition) is 4. The van der Waals surface area contributed by atoms with Crippen LogP contribution < -0.4 is 10.1 Å². The summed E-state index contributed by atoms with van der Waals surface area (Å²) in [6, 6.07) is 3.42. The molecule has 156 valence electrons. The van der Waals surface area contributed by atoms with Crippen LogP contribution in [0.1, 0.15) is 37.8 Å². The summed E-state index contributed by atoms with van der Waals surface area (Å²) < 4.78 is 20.2. The van der Waals surface area contributed by atoms with Crippen molar-refractivity contribution in [3.63, 3.8) is 0 Å². The van der Waals surface area contributed by atoms with E-state index in [2.05, 4.69) is 41.6 Å². The Morgan fingerprint density at radius 1 is 1.27 bits per heavy atom. The van der Waals surface area contributed by atoms with Gasteiger partial charge in [0, 0.05) is 29.6 Å². The summed E-state index contributed by atoms with van der Waals surface area (Å²) in [6.45, 7) is 8.16. The number of benzene rings is 1. The fraction of sp³-hybridized carbons (Fsp3) is 0.320. The van der Waals surface area contributed by atoms with Crippen LogP contribution in [0.5, 0.6) is 5.75 Å². The molecule has 0 atom stereocenters. The first-order chi connectivity index (χ1) is 14.6. The number of ether oxygens (including phenoxy) is 1. The maximum atomic E-state index is 14.5. The minimum Gasteiger partial charge on any atom is -0.493 e. The zero-order valence-corrected chi connectivity index (χ0v) is 17.8. The lowest BCUT2D eigenvalue weighted by Crippen LogP contribution is -2.29. The summed E-state index contributed by atoms with van der Waals surface area (Å²) in [5.41, 5.74) is 5.61. The topological polar surface area (TPSA) is 36.9 Å². The molecule has 4 rings (SSSR count). The molecule has 0 radical (unpaired) electrons. The second kappa shape index (κ2) is 8.84. The van der Waals surface area contributed by atoms with E-state index in [0.717, 1.165) is 48.7 Å². The second-order valence-corrected chi connectivity index (χ2v) is 7.52. The molecule has 0 aromatic heterocycles. The third-order valence-corrected chi connectivity index (χ3v) is 5.46. The van der Waals surface area contributed by atoms with E-state index in [0.29, 0.717) is 17.9 Å². The highest BCUT2D eigenvalue weighted by molar-refractivity contribution is 6.02. The van der Waals surface area contributed by atoms with Gasteiger partial charge in [-0.3, -0.25) is 0 Å². The van der Waals surface area contributed by atoms with Gasteiger partial charge in [-0.25, -0.2) is 9.38 Å². The Hall–Kier alpha value is -2.92. The first kappa shape index (κ1) is 20.4. The summed E-state index contributed by atoms with van der Waals surface area (Å²) in [5.74, 6) is 1.13. The van der Waals surface area contributed by atoms with Crippen LogP contribution in [0.4, 0.5) is 4.39 Å². The van der Waals surface area contributed by atoms with Gasteiger partial charge in [0.15, 0.2) is 0 Å². The monoisotopic (exact) mass is 405 g/mol. The Bertz CT molecular complexity index is 1030. The van der Waals surface area contributed by atoms with Crippen molar-refractivity contribution in [1.82, 2.24) is 10.2 Å². The van der Waals surface area contributed by atoms with E-state index in [1.807, 2.05) is 25.1 Å².